The minimum absolute atomic E-state index is 0.116. The molecule has 0 aromatic heterocycles. The average molecular weight is 445 g/mol. The Morgan fingerprint density at radius 1 is 1.13 bits per heavy atom. The maximum absolute atomic E-state index is 13.6. The average Bonchev–Trinajstić information content (AvgIpc) is 3.48. The third-order valence-corrected chi connectivity index (χ3v) is 7.49. The van der Waals surface area contributed by atoms with E-state index < -0.39 is 22.1 Å². The van der Waals surface area contributed by atoms with Gasteiger partial charge in [-0.3, -0.25) is 4.79 Å². The van der Waals surface area contributed by atoms with E-state index in [1.165, 1.54) is 6.26 Å². The number of rotatable bonds is 7. The number of hydrogen-bond acceptors (Lipinski definition) is 4. The molecule has 1 amide bonds. The number of likely N-dealkylation sites (tertiary alicyclic amines) is 1. The number of nitrogens with zero attached hydrogens (tertiary/aromatic N) is 1. The van der Waals surface area contributed by atoms with Crippen LogP contribution in [0.5, 0.6) is 0 Å². The summed E-state index contributed by atoms with van der Waals surface area (Å²) in [4.78, 5) is 14.7. The largest absolute Gasteiger partial charge is 0.338 e. The van der Waals surface area contributed by atoms with Gasteiger partial charge in [0.25, 0.3) is 0 Å². The number of nitrogens with two attached hydrogens (primary N) is 1. The molecule has 0 radical (unpaired) electrons. The van der Waals surface area contributed by atoms with Crippen LogP contribution in [0.4, 0.5) is 4.39 Å². The standard InChI is InChI=1S/C24H29FN2O3S/c1-31(29,30)21-4-2-3-19(14-21)17-7-9-18(10-8-17)22(13-16-5-6-16)23(26)24(28)27-12-11-20(25)15-27/h2-4,7-10,14,16,20,22-23H,5-6,11-13,15,26H2,1H3/t20-,22-,23-/m0/s1. The van der Waals surface area contributed by atoms with Gasteiger partial charge in [-0.15, -0.1) is 0 Å². The van der Waals surface area contributed by atoms with Crippen molar-refractivity contribution in [1.82, 2.24) is 4.90 Å². The molecule has 1 saturated carbocycles. The normalized spacial score (nSPS) is 21.1. The first-order valence-electron chi connectivity index (χ1n) is 10.8. The molecule has 2 N–H and O–H groups in total. The Balaban J connectivity index is 1.56. The number of carbonyl (C=O) groups is 1. The van der Waals surface area contributed by atoms with Crippen molar-refractivity contribution in [2.24, 2.45) is 11.7 Å². The van der Waals surface area contributed by atoms with Gasteiger partial charge in [0.2, 0.25) is 5.91 Å². The first kappa shape index (κ1) is 22.0. The molecule has 5 nitrogen and oxygen atoms in total. The molecule has 0 unspecified atom stereocenters. The summed E-state index contributed by atoms with van der Waals surface area (Å²) in [5.41, 5.74) is 9.14. The molecule has 2 aromatic rings. The third kappa shape index (κ3) is 5.15. The van der Waals surface area contributed by atoms with Crippen LogP contribution >= 0.6 is 0 Å². The minimum atomic E-state index is -3.28. The smallest absolute Gasteiger partial charge is 0.240 e. The Morgan fingerprint density at radius 2 is 1.84 bits per heavy atom. The monoisotopic (exact) mass is 444 g/mol. The number of halogens is 1. The molecule has 0 spiro atoms. The van der Waals surface area contributed by atoms with Crippen molar-refractivity contribution in [3.8, 4) is 11.1 Å². The van der Waals surface area contributed by atoms with Crippen molar-refractivity contribution in [2.45, 2.75) is 48.7 Å². The van der Waals surface area contributed by atoms with Crippen molar-refractivity contribution < 1.29 is 17.6 Å². The third-order valence-electron chi connectivity index (χ3n) is 6.38. The number of alkyl halides is 1. The lowest BCUT2D eigenvalue weighted by Crippen LogP contribution is -2.46. The molecule has 1 heterocycles. The van der Waals surface area contributed by atoms with Crippen LogP contribution in [-0.4, -0.2) is 50.8 Å². The Morgan fingerprint density at radius 3 is 2.42 bits per heavy atom. The highest BCUT2D eigenvalue weighted by molar-refractivity contribution is 7.90. The fourth-order valence-electron chi connectivity index (χ4n) is 4.33. The predicted octanol–water partition coefficient (Wildman–Crippen LogP) is 3.54. The van der Waals surface area contributed by atoms with E-state index in [1.807, 2.05) is 30.3 Å². The number of carbonyl (C=O) groups excluding carboxylic acids is 1. The fraction of sp³-hybridized carbons (Fsp3) is 0.458. The molecule has 166 valence electrons. The molecule has 31 heavy (non-hydrogen) atoms. The number of benzene rings is 2. The summed E-state index contributed by atoms with van der Waals surface area (Å²) in [6, 6.07) is 14.0. The van der Waals surface area contributed by atoms with Gasteiger partial charge in [0.05, 0.1) is 17.5 Å². The molecule has 1 saturated heterocycles. The van der Waals surface area contributed by atoms with E-state index >= 15 is 0 Å². The number of hydrogen-bond donors (Lipinski definition) is 1. The second-order valence-electron chi connectivity index (χ2n) is 8.90. The van der Waals surface area contributed by atoms with Gasteiger partial charge in [-0.25, -0.2) is 12.8 Å². The molecule has 2 aromatic carbocycles. The van der Waals surface area contributed by atoms with Gasteiger partial charge < -0.3 is 10.6 Å². The van der Waals surface area contributed by atoms with Crippen LogP contribution in [0.15, 0.2) is 53.4 Å². The fourth-order valence-corrected chi connectivity index (χ4v) is 5.00. The van der Waals surface area contributed by atoms with Crippen molar-refractivity contribution in [3.63, 3.8) is 0 Å². The van der Waals surface area contributed by atoms with Gasteiger partial charge >= 0.3 is 0 Å². The van der Waals surface area contributed by atoms with Gasteiger partial charge in [-0.2, -0.15) is 0 Å². The SMILES string of the molecule is CS(=O)(=O)c1cccc(-c2ccc([C@H](CC3CC3)[C@H](N)C(=O)N3CC[C@H](F)C3)cc2)c1. The van der Waals surface area contributed by atoms with E-state index in [-0.39, 0.29) is 23.3 Å². The molecule has 4 rings (SSSR count). The van der Waals surface area contributed by atoms with Crippen LogP contribution in [0.3, 0.4) is 0 Å². The lowest BCUT2D eigenvalue weighted by Gasteiger charge is -2.27. The van der Waals surface area contributed by atoms with E-state index in [9.17, 15) is 17.6 Å². The van der Waals surface area contributed by atoms with Crippen LogP contribution in [-0.2, 0) is 14.6 Å². The summed E-state index contributed by atoms with van der Waals surface area (Å²) in [7, 11) is -3.28. The lowest BCUT2D eigenvalue weighted by atomic mass is 9.85. The Hall–Kier alpha value is -2.25. The van der Waals surface area contributed by atoms with Crippen molar-refractivity contribution in [3.05, 3.63) is 54.1 Å². The molecule has 2 aliphatic rings. The van der Waals surface area contributed by atoms with E-state index in [1.54, 1.807) is 23.1 Å². The second-order valence-corrected chi connectivity index (χ2v) is 10.9. The quantitative estimate of drug-likeness (QED) is 0.708. The van der Waals surface area contributed by atoms with Crippen LogP contribution in [0, 0.1) is 5.92 Å². The predicted molar refractivity (Wildman–Crippen MR) is 119 cm³/mol. The molecule has 7 heteroatoms. The highest BCUT2D eigenvalue weighted by Gasteiger charge is 2.36. The van der Waals surface area contributed by atoms with Gasteiger partial charge in [0.1, 0.15) is 6.17 Å². The number of amides is 1. The summed E-state index contributed by atoms with van der Waals surface area (Å²) in [5, 5.41) is 0. The van der Waals surface area contributed by atoms with E-state index in [2.05, 4.69) is 0 Å². The summed E-state index contributed by atoms with van der Waals surface area (Å²) in [5.74, 6) is 0.299. The Bertz CT molecular complexity index is 1050. The highest BCUT2D eigenvalue weighted by atomic mass is 32.2. The molecular weight excluding hydrogens is 415 g/mol. The maximum atomic E-state index is 13.6. The summed E-state index contributed by atoms with van der Waals surface area (Å²) in [6.45, 7) is 0.567. The Kier molecular flexibility index (Phi) is 6.17. The minimum Gasteiger partial charge on any atom is -0.338 e. The summed E-state index contributed by atoms with van der Waals surface area (Å²) in [6.07, 6.45) is 3.78. The summed E-state index contributed by atoms with van der Waals surface area (Å²) < 4.78 is 37.3. The molecule has 1 aliphatic carbocycles. The second kappa shape index (κ2) is 8.71. The first-order chi connectivity index (χ1) is 14.7. The van der Waals surface area contributed by atoms with Gasteiger partial charge in [0.15, 0.2) is 9.84 Å². The van der Waals surface area contributed by atoms with Crippen molar-refractivity contribution >= 4 is 15.7 Å². The lowest BCUT2D eigenvalue weighted by molar-refractivity contribution is -0.132. The van der Waals surface area contributed by atoms with Crippen LogP contribution in [0.2, 0.25) is 0 Å². The van der Waals surface area contributed by atoms with Crippen LogP contribution in [0.25, 0.3) is 11.1 Å². The van der Waals surface area contributed by atoms with Gasteiger partial charge in [0, 0.05) is 18.7 Å². The van der Waals surface area contributed by atoms with Gasteiger partial charge in [-0.05, 0) is 47.6 Å². The van der Waals surface area contributed by atoms with Crippen LogP contribution < -0.4 is 5.73 Å². The summed E-state index contributed by atoms with van der Waals surface area (Å²) >= 11 is 0. The van der Waals surface area contributed by atoms with E-state index in [0.717, 1.165) is 36.0 Å². The Labute approximate surface area is 183 Å². The van der Waals surface area contributed by atoms with E-state index in [0.29, 0.717) is 18.9 Å². The zero-order chi connectivity index (χ0) is 22.2. The van der Waals surface area contributed by atoms with Gasteiger partial charge in [-0.1, -0.05) is 49.2 Å². The topological polar surface area (TPSA) is 80.5 Å². The molecule has 0 bridgehead atoms. The molecule has 1 aliphatic heterocycles. The van der Waals surface area contributed by atoms with E-state index in [4.69, 9.17) is 5.73 Å². The molecule has 2 fully saturated rings. The zero-order valence-electron chi connectivity index (χ0n) is 17.7. The highest BCUT2D eigenvalue weighted by Crippen LogP contribution is 2.40. The van der Waals surface area contributed by atoms with Crippen LogP contribution in [0.1, 0.15) is 37.2 Å². The van der Waals surface area contributed by atoms with Crippen molar-refractivity contribution in [2.75, 3.05) is 19.3 Å². The van der Waals surface area contributed by atoms with Crippen molar-refractivity contribution in [1.29, 1.82) is 0 Å². The zero-order valence-corrected chi connectivity index (χ0v) is 18.5. The maximum Gasteiger partial charge on any atom is 0.240 e. The number of sulfone groups is 1. The molecule has 3 atom stereocenters. The first-order valence-corrected chi connectivity index (χ1v) is 12.7. The molecular formula is C24H29FN2O3S.